The van der Waals surface area contributed by atoms with E-state index in [0.29, 0.717) is 0 Å². The van der Waals surface area contributed by atoms with Crippen LogP contribution in [0, 0.1) is 0 Å². The molecule has 0 aromatic heterocycles. The Labute approximate surface area is 127 Å². The highest BCUT2D eigenvalue weighted by molar-refractivity contribution is 6.02. The van der Waals surface area contributed by atoms with Crippen LogP contribution >= 0.6 is 0 Å². The number of amides is 2. The number of hydrogen-bond donors (Lipinski definition) is 1. The van der Waals surface area contributed by atoms with Crippen LogP contribution in [0.15, 0.2) is 0 Å². The van der Waals surface area contributed by atoms with Gasteiger partial charge in [0.05, 0.1) is 0 Å². The fourth-order valence-electron chi connectivity index (χ4n) is 4.75. The first-order chi connectivity index (χ1) is 10.0. The van der Waals surface area contributed by atoms with E-state index in [9.17, 15) is 9.59 Å². The molecular weight excluding hydrogens is 264 g/mol. The summed E-state index contributed by atoms with van der Waals surface area (Å²) in [5.41, 5.74) is -1.16. The molecule has 3 rings (SSSR count). The molecule has 0 atom stereocenters. The first-order valence-electron chi connectivity index (χ1n) is 8.68. The molecule has 0 aromatic carbocycles. The maximum atomic E-state index is 13.3. The lowest BCUT2D eigenvalue weighted by atomic mass is 9.71. The lowest BCUT2D eigenvalue weighted by Gasteiger charge is -2.56. The maximum Gasteiger partial charge on any atom is 0.249 e. The zero-order valence-corrected chi connectivity index (χ0v) is 13.4. The molecule has 0 aromatic rings. The second kappa shape index (κ2) is 5.29. The van der Waals surface area contributed by atoms with Gasteiger partial charge in [0.2, 0.25) is 11.8 Å². The van der Waals surface area contributed by atoms with Gasteiger partial charge in [0.15, 0.2) is 0 Å². The zero-order chi connectivity index (χ0) is 15.1. The molecule has 1 saturated heterocycles. The number of rotatable bonds is 1. The van der Waals surface area contributed by atoms with Crippen molar-refractivity contribution in [1.29, 1.82) is 0 Å². The highest BCUT2D eigenvalue weighted by Gasteiger charge is 2.59. The number of nitrogens with zero attached hydrogens (tertiary/aromatic N) is 1. The minimum absolute atomic E-state index is 0.0976. The third kappa shape index (κ3) is 2.18. The average Bonchev–Trinajstić information content (AvgIpc) is 2.47. The molecule has 4 nitrogen and oxygen atoms in total. The van der Waals surface area contributed by atoms with E-state index < -0.39 is 11.1 Å². The van der Waals surface area contributed by atoms with E-state index in [-0.39, 0.29) is 17.9 Å². The largest absolute Gasteiger partial charge is 0.340 e. The van der Waals surface area contributed by atoms with Gasteiger partial charge in [0.25, 0.3) is 0 Å². The molecule has 21 heavy (non-hydrogen) atoms. The predicted octanol–water partition coefficient (Wildman–Crippen LogP) is 2.76. The van der Waals surface area contributed by atoms with Gasteiger partial charge >= 0.3 is 0 Å². The van der Waals surface area contributed by atoms with Crippen molar-refractivity contribution in [2.75, 3.05) is 0 Å². The van der Waals surface area contributed by atoms with Crippen molar-refractivity contribution in [1.82, 2.24) is 10.2 Å². The summed E-state index contributed by atoms with van der Waals surface area (Å²) in [5, 5.41) is 3.20. The summed E-state index contributed by atoms with van der Waals surface area (Å²) in [4.78, 5) is 28.2. The lowest BCUT2D eigenvalue weighted by molar-refractivity contribution is -0.170. The molecule has 2 spiro atoms. The Morgan fingerprint density at radius 1 is 0.905 bits per heavy atom. The van der Waals surface area contributed by atoms with Crippen LogP contribution in [0.4, 0.5) is 0 Å². The standard InChI is InChI=1S/C17H28N2O2/c1-13(2)19-15(21)16(9-5-3-6-10-16)18-14(20)17(19)11-7-4-8-12-17/h13H,3-12H2,1-2H3,(H,18,20). The third-order valence-electron chi connectivity index (χ3n) is 5.77. The van der Waals surface area contributed by atoms with Crippen molar-refractivity contribution >= 4 is 11.8 Å². The highest BCUT2D eigenvalue weighted by atomic mass is 16.2. The Morgan fingerprint density at radius 2 is 1.43 bits per heavy atom. The van der Waals surface area contributed by atoms with Gasteiger partial charge in [0, 0.05) is 6.04 Å². The van der Waals surface area contributed by atoms with Crippen molar-refractivity contribution in [2.45, 2.75) is 95.2 Å². The topological polar surface area (TPSA) is 49.4 Å². The predicted molar refractivity (Wildman–Crippen MR) is 81.8 cm³/mol. The van der Waals surface area contributed by atoms with Crippen LogP contribution in [0.3, 0.4) is 0 Å². The van der Waals surface area contributed by atoms with Crippen LogP contribution in [-0.4, -0.2) is 33.8 Å². The van der Waals surface area contributed by atoms with Gasteiger partial charge in [-0.05, 0) is 39.5 Å². The first kappa shape index (κ1) is 14.9. The van der Waals surface area contributed by atoms with E-state index in [4.69, 9.17) is 0 Å². The normalized spacial score (nSPS) is 28.2. The number of carbonyl (C=O) groups excluding carboxylic acids is 2. The highest BCUT2D eigenvalue weighted by Crippen LogP contribution is 2.43. The molecule has 0 bridgehead atoms. The molecule has 3 fully saturated rings. The Bertz CT molecular complexity index is 432. The smallest absolute Gasteiger partial charge is 0.249 e. The van der Waals surface area contributed by atoms with Gasteiger partial charge in [-0.2, -0.15) is 0 Å². The van der Waals surface area contributed by atoms with Crippen LogP contribution in [0.5, 0.6) is 0 Å². The molecule has 1 heterocycles. The fourth-order valence-corrected chi connectivity index (χ4v) is 4.75. The van der Waals surface area contributed by atoms with Gasteiger partial charge in [-0.3, -0.25) is 9.59 Å². The molecule has 2 aliphatic carbocycles. The first-order valence-corrected chi connectivity index (χ1v) is 8.68. The molecule has 1 aliphatic heterocycles. The molecule has 2 saturated carbocycles. The third-order valence-corrected chi connectivity index (χ3v) is 5.77. The summed E-state index contributed by atoms with van der Waals surface area (Å²) in [5.74, 6) is 0.316. The minimum atomic E-state index is -0.595. The van der Waals surface area contributed by atoms with E-state index in [0.717, 1.165) is 51.4 Å². The molecule has 4 heteroatoms. The second-order valence-corrected chi connectivity index (χ2v) is 7.46. The van der Waals surface area contributed by atoms with Crippen LogP contribution in [0.25, 0.3) is 0 Å². The van der Waals surface area contributed by atoms with E-state index >= 15 is 0 Å². The van der Waals surface area contributed by atoms with Crippen LogP contribution in [0.1, 0.15) is 78.1 Å². The quantitative estimate of drug-likeness (QED) is 0.808. The molecule has 1 N–H and O–H groups in total. The van der Waals surface area contributed by atoms with Crippen molar-refractivity contribution in [2.24, 2.45) is 0 Å². The Hall–Kier alpha value is -1.06. The summed E-state index contributed by atoms with van der Waals surface area (Å²) in [7, 11) is 0. The number of hydrogen-bond acceptors (Lipinski definition) is 2. The van der Waals surface area contributed by atoms with E-state index in [1.54, 1.807) is 0 Å². The van der Waals surface area contributed by atoms with E-state index in [1.165, 1.54) is 12.8 Å². The van der Waals surface area contributed by atoms with Crippen LogP contribution < -0.4 is 5.32 Å². The van der Waals surface area contributed by atoms with Crippen molar-refractivity contribution in [3.8, 4) is 0 Å². The molecule has 3 aliphatic rings. The van der Waals surface area contributed by atoms with Gasteiger partial charge in [-0.25, -0.2) is 0 Å². The fraction of sp³-hybridized carbons (Fsp3) is 0.882. The van der Waals surface area contributed by atoms with Gasteiger partial charge in [0.1, 0.15) is 11.1 Å². The zero-order valence-electron chi connectivity index (χ0n) is 13.4. The van der Waals surface area contributed by atoms with E-state index in [2.05, 4.69) is 19.2 Å². The van der Waals surface area contributed by atoms with Gasteiger partial charge < -0.3 is 10.2 Å². The summed E-state index contributed by atoms with van der Waals surface area (Å²) >= 11 is 0. The summed E-state index contributed by atoms with van der Waals surface area (Å²) < 4.78 is 0. The molecule has 2 amide bonds. The summed E-state index contributed by atoms with van der Waals surface area (Å²) in [6.45, 7) is 4.12. The second-order valence-electron chi connectivity index (χ2n) is 7.46. The Morgan fingerprint density at radius 3 is 1.95 bits per heavy atom. The Kier molecular flexibility index (Phi) is 3.74. The molecular formula is C17H28N2O2. The summed E-state index contributed by atoms with van der Waals surface area (Å²) in [6, 6.07) is 0.0976. The Balaban J connectivity index is 1.98. The van der Waals surface area contributed by atoms with Crippen molar-refractivity contribution in [3.05, 3.63) is 0 Å². The minimum Gasteiger partial charge on any atom is -0.340 e. The SMILES string of the molecule is CC(C)N1C(=O)C2(CCCCC2)NC(=O)C12CCCCC2. The molecule has 118 valence electrons. The number of piperazine rings is 1. The molecule has 0 radical (unpaired) electrons. The lowest BCUT2D eigenvalue weighted by Crippen LogP contribution is -2.77. The van der Waals surface area contributed by atoms with E-state index in [1.807, 2.05) is 4.90 Å². The summed E-state index contributed by atoms with van der Waals surface area (Å²) in [6.07, 6.45) is 9.85. The van der Waals surface area contributed by atoms with Crippen molar-refractivity contribution < 1.29 is 9.59 Å². The van der Waals surface area contributed by atoms with Crippen LogP contribution in [-0.2, 0) is 9.59 Å². The van der Waals surface area contributed by atoms with Gasteiger partial charge in [-0.15, -0.1) is 0 Å². The number of carbonyl (C=O) groups is 2. The monoisotopic (exact) mass is 292 g/mol. The number of nitrogens with one attached hydrogen (secondary N) is 1. The van der Waals surface area contributed by atoms with Crippen LogP contribution in [0.2, 0.25) is 0 Å². The molecule has 0 unspecified atom stereocenters. The maximum absolute atomic E-state index is 13.3. The van der Waals surface area contributed by atoms with Crippen molar-refractivity contribution in [3.63, 3.8) is 0 Å². The average molecular weight is 292 g/mol. The van der Waals surface area contributed by atoms with Gasteiger partial charge in [-0.1, -0.05) is 38.5 Å².